The van der Waals surface area contributed by atoms with Gasteiger partial charge in [0, 0.05) is 58.7 Å². The molecule has 2 heterocycles. The molecule has 0 saturated heterocycles. The summed E-state index contributed by atoms with van der Waals surface area (Å²) in [4.78, 5) is 18.0. The monoisotopic (exact) mass is 463 g/mol. The number of amides is 1. The molecule has 0 spiro atoms. The lowest BCUT2D eigenvalue weighted by Gasteiger charge is -2.23. The Morgan fingerprint density at radius 1 is 1.03 bits per heavy atom. The Balaban J connectivity index is 1.38. The van der Waals surface area contributed by atoms with Gasteiger partial charge in [-0.15, -0.1) is 0 Å². The van der Waals surface area contributed by atoms with Crippen molar-refractivity contribution in [1.82, 2.24) is 10.3 Å². The summed E-state index contributed by atoms with van der Waals surface area (Å²) in [6, 6.07) is 16.7. The number of carbonyl (C=O) groups excluding carboxylic acids is 1. The largest absolute Gasteiger partial charge is 0.366 e. The topological polar surface area (TPSA) is 48.1 Å². The van der Waals surface area contributed by atoms with Crippen LogP contribution in [-0.4, -0.2) is 17.4 Å². The van der Waals surface area contributed by atoms with Gasteiger partial charge in [0.1, 0.15) is 17.5 Å². The molecule has 7 heteroatoms. The third kappa shape index (κ3) is 4.02. The third-order valence-corrected chi connectivity index (χ3v) is 6.40. The van der Waals surface area contributed by atoms with Gasteiger partial charge in [0.25, 0.3) is 5.91 Å². The maximum Gasteiger partial charge on any atom is 0.251 e. The van der Waals surface area contributed by atoms with Crippen molar-refractivity contribution in [3.8, 4) is 0 Å². The Bertz CT molecular complexity index is 1350. The molecule has 4 aromatic rings. The van der Waals surface area contributed by atoms with Crippen molar-refractivity contribution < 1.29 is 18.0 Å². The fourth-order valence-electron chi connectivity index (χ4n) is 4.72. The average Bonchev–Trinajstić information content (AvgIpc) is 3.32. The Hall–Kier alpha value is -3.74. The summed E-state index contributed by atoms with van der Waals surface area (Å²) in [5, 5.41) is 4.00. The molecule has 34 heavy (non-hydrogen) atoms. The van der Waals surface area contributed by atoms with Crippen LogP contribution in [-0.2, 0) is 18.5 Å². The molecule has 4 nitrogen and oxygen atoms in total. The number of aromatic amines is 1. The summed E-state index contributed by atoms with van der Waals surface area (Å²) in [5.41, 5.74) is 3.61. The van der Waals surface area contributed by atoms with Gasteiger partial charge in [0.05, 0.1) is 6.54 Å². The lowest BCUT2D eigenvalue weighted by atomic mass is 9.86. The minimum absolute atomic E-state index is 0.0610. The summed E-state index contributed by atoms with van der Waals surface area (Å²) in [6.07, 6.45) is 0. The molecule has 0 fully saturated rings. The highest BCUT2D eigenvalue weighted by Gasteiger charge is 2.36. The molecule has 2 N–H and O–H groups in total. The second kappa shape index (κ2) is 8.24. The minimum Gasteiger partial charge on any atom is -0.366 e. The first-order chi connectivity index (χ1) is 16.2. The zero-order valence-electron chi connectivity index (χ0n) is 18.9. The van der Waals surface area contributed by atoms with Gasteiger partial charge in [0.2, 0.25) is 0 Å². The van der Waals surface area contributed by atoms with E-state index in [1.54, 1.807) is 12.1 Å². The van der Waals surface area contributed by atoms with Gasteiger partial charge in [-0.1, -0.05) is 38.1 Å². The number of anilines is 1. The van der Waals surface area contributed by atoms with E-state index in [4.69, 9.17) is 0 Å². The molecule has 1 aliphatic rings. The van der Waals surface area contributed by atoms with Crippen LogP contribution in [0.1, 0.15) is 41.0 Å². The molecule has 0 saturated carbocycles. The number of hydrogen-bond acceptors (Lipinski definition) is 2. The second-order valence-corrected chi connectivity index (χ2v) is 9.38. The van der Waals surface area contributed by atoms with Crippen LogP contribution in [0.4, 0.5) is 18.9 Å². The number of aromatic nitrogens is 1. The van der Waals surface area contributed by atoms with E-state index in [1.165, 1.54) is 0 Å². The van der Waals surface area contributed by atoms with Crippen molar-refractivity contribution >= 4 is 22.5 Å². The third-order valence-electron chi connectivity index (χ3n) is 6.40. The van der Waals surface area contributed by atoms with Crippen LogP contribution < -0.4 is 10.2 Å². The first kappa shape index (κ1) is 22.1. The fraction of sp³-hybridized carbons (Fsp3) is 0.222. The van der Waals surface area contributed by atoms with Gasteiger partial charge in [-0.2, -0.15) is 0 Å². The number of fused-ring (bicyclic) bond motifs is 2. The number of nitrogens with one attached hydrogen (secondary N) is 2. The Morgan fingerprint density at radius 3 is 2.50 bits per heavy atom. The number of halogens is 3. The van der Waals surface area contributed by atoms with E-state index in [2.05, 4.69) is 10.3 Å². The Kier molecular flexibility index (Phi) is 5.35. The zero-order chi connectivity index (χ0) is 24.0. The van der Waals surface area contributed by atoms with Crippen LogP contribution in [0.15, 0.2) is 60.7 Å². The van der Waals surface area contributed by atoms with E-state index in [0.717, 1.165) is 27.8 Å². The van der Waals surface area contributed by atoms with Gasteiger partial charge in [-0.3, -0.25) is 4.79 Å². The molecular weight excluding hydrogens is 439 g/mol. The normalized spacial score (nSPS) is 14.4. The molecule has 1 amide bonds. The van der Waals surface area contributed by atoms with Gasteiger partial charge < -0.3 is 15.2 Å². The summed E-state index contributed by atoms with van der Waals surface area (Å²) < 4.78 is 42.0. The first-order valence-electron chi connectivity index (χ1n) is 11.1. The SMILES string of the molecule is CC1(C)CN(Cc2c(F)cc(F)cc2F)c2cc(C(=O)NCc3cc4ccccc4[nH]3)ccc21. The molecule has 0 bridgehead atoms. The molecule has 0 aliphatic carbocycles. The molecular formula is C27H24F3N3O. The molecule has 0 atom stereocenters. The van der Waals surface area contributed by atoms with Gasteiger partial charge >= 0.3 is 0 Å². The minimum atomic E-state index is -0.949. The van der Waals surface area contributed by atoms with E-state index in [1.807, 2.05) is 55.1 Å². The molecule has 1 aromatic heterocycles. The number of H-pyrrole nitrogens is 1. The van der Waals surface area contributed by atoms with E-state index in [-0.39, 0.29) is 23.4 Å². The van der Waals surface area contributed by atoms with Crippen LogP contribution in [0.3, 0.4) is 0 Å². The molecule has 5 rings (SSSR count). The summed E-state index contributed by atoms with van der Waals surface area (Å²) in [6.45, 7) is 4.87. The predicted molar refractivity (Wildman–Crippen MR) is 126 cm³/mol. The molecule has 174 valence electrons. The van der Waals surface area contributed by atoms with Crippen LogP contribution in [0.25, 0.3) is 10.9 Å². The van der Waals surface area contributed by atoms with E-state index >= 15 is 0 Å². The maximum atomic E-state index is 14.3. The summed E-state index contributed by atoms with van der Waals surface area (Å²) in [7, 11) is 0. The van der Waals surface area contributed by atoms with Crippen molar-refractivity contribution in [1.29, 1.82) is 0 Å². The number of para-hydroxylation sites is 1. The Morgan fingerprint density at radius 2 is 1.76 bits per heavy atom. The first-order valence-corrected chi connectivity index (χ1v) is 11.1. The molecule has 1 aliphatic heterocycles. The maximum absolute atomic E-state index is 14.3. The zero-order valence-corrected chi connectivity index (χ0v) is 18.9. The number of carbonyl (C=O) groups is 1. The predicted octanol–water partition coefficient (Wildman–Crippen LogP) is 5.81. The van der Waals surface area contributed by atoms with Gasteiger partial charge in [-0.05, 0) is 35.2 Å². The molecule has 3 aromatic carbocycles. The van der Waals surface area contributed by atoms with Crippen LogP contribution in [0.5, 0.6) is 0 Å². The summed E-state index contributed by atoms with van der Waals surface area (Å²) >= 11 is 0. The van der Waals surface area contributed by atoms with Gasteiger partial charge in [-0.25, -0.2) is 13.2 Å². The number of benzene rings is 3. The number of nitrogens with zero attached hydrogens (tertiary/aromatic N) is 1. The lowest BCUT2D eigenvalue weighted by Crippen LogP contribution is -2.29. The summed E-state index contributed by atoms with van der Waals surface area (Å²) in [5.74, 6) is -3.04. The van der Waals surface area contributed by atoms with E-state index in [9.17, 15) is 18.0 Å². The Labute approximate surface area is 195 Å². The highest BCUT2D eigenvalue weighted by atomic mass is 19.1. The van der Waals surface area contributed by atoms with Crippen LogP contribution >= 0.6 is 0 Å². The van der Waals surface area contributed by atoms with E-state index < -0.39 is 17.5 Å². The van der Waals surface area contributed by atoms with Crippen molar-refractivity contribution in [2.45, 2.75) is 32.4 Å². The average molecular weight is 464 g/mol. The van der Waals surface area contributed by atoms with Crippen LogP contribution in [0, 0.1) is 17.5 Å². The fourth-order valence-corrected chi connectivity index (χ4v) is 4.72. The number of rotatable bonds is 5. The second-order valence-electron chi connectivity index (χ2n) is 9.38. The standard InChI is InChI=1S/C27H24F3N3O/c1-27(2)15-33(14-20-22(29)11-18(28)12-23(20)30)25-10-17(7-8-21(25)27)26(34)31-13-19-9-16-5-3-4-6-24(16)32-19/h3-12,32H,13-15H2,1-2H3,(H,31,34). The van der Waals surface area contributed by atoms with Crippen molar-refractivity contribution in [2.75, 3.05) is 11.4 Å². The quantitative estimate of drug-likeness (QED) is 0.392. The number of hydrogen-bond donors (Lipinski definition) is 2. The molecule has 0 unspecified atom stereocenters. The van der Waals surface area contributed by atoms with Gasteiger partial charge in [0.15, 0.2) is 0 Å². The van der Waals surface area contributed by atoms with Crippen LogP contribution in [0.2, 0.25) is 0 Å². The molecule has 0 radical (unpaired) electrons. The van der Waals surface area contributed by atoms with Crippen molar-refractivity contribution in [3.05, 3.63) is 100 Å². The highest BCUT2D eigenvalue weighted by molar-refractivity contribution is 5.95. The highest BCUT2D eigenvalue weighted by Crippen LogP contribution is 2.42. The van der Waals surface area contributed by atoms with E-state index in [0.29, 0.717) is 30.8 Å². The smallest absolute Gasteiger partial charge is 0.251 e. The van der Waals surface area contributed by atoms with Crippen molar-refractivity contribution in [3.63, 3.8) is 0 Å². The lowest BCUT2D eigenvalue weighted by molar-refractivity contribution is 0.0950. The van der Waals surface area contributed by atoms with Crippen molar-refractivity contribution in [2.24, 2.45) is 0 Å².